The van der Waals surface area contributed by atoms with Crippen molar-refractivity contribution in [3.05, 3.63) is 16.5 Å². The third-order valence-electron chi connectivity index (χ3n) is 3.37. The summed E-state index contributed by atoms with van der Waals surface area (Å²) in [6.45, 7) is 2.38. The molecule has 1 aromatic rings. The molecule has 0 N–H and O–H groups in total. The normalized spacial score (nSPS) is 13.3. The van der Waals surface area contributed by atoms with Gasteiger partial charge >= 0.3 is 11.3 Å². The summed E-state index contributed by atoms with van der Waals surface area (Å²) in [6, 6.07) is 0. The Hall–Kier alpha value is -1.36. The van der Waals surface area contributed by atoms with Gasteiger partial charge in [0, 0.05) is 25.1 Å². The van der Waals surface area contributed by atoms with Gasteiger partial charge in [0.2, 0.25) is 0 Å². The fourth-order valence-corrected chi connectivity index (χ4v) is 2.65. The van der Waals surface area contributed by atoms with E-state index in [9.17, 15) is 4.79 Å². The van der Waals surface area contributed by atoms with Crippen LogP contribution in [0.4, 0.5) is 5.82 Å². The minimum atomic E-state index is -0.247. The number of nitrogens with zero attached hydrogens (tertiary/aromatic N) is 3. The Kier molecular flexibility index (Phi) is 4.24. The first-order valence-electron chi connectivity index (χ1n) is 6.48. The monoisotopic (exact) mass is 284 g/mol. The van der Waals surface area contributed by atoms with Gasteiger partial charge in [-0.25, -0.2) is 4.57 Å². The summed E-state index contributed by atoms with van der Waals surface area (Å²) < 4.78 is 6.88. The van der Waals surface area contributed by atoms with Crippen molar-refractivity contribution < 1.29 is 14.1 Å². The standard InChI is InChI=1S/C13H19ClN3O2/c1-4-19-11(18)8-16(2)12-9-6-5-7-10(9)17(3)13(14)15-12/h4-8H2,1-3H3/q+1. The second-order valence-corrected chi connectivity index (χ2v) is 5.04. The van der Waals surface area contributed by atoms with Crippen molar-refractivity contribution in [3.63, 3.8) is 0 Å². The molecule has 6 heteroatoms. The molecule has 0 fully saturated rings. The van der Waals surface area contributed by atoms with Crippen molar-refractivity contribution in [2.24, 2.45) is 7.05 Å². The van der Waals surface area contributed by atoms with E-state index in [1.165, 1.54) is 11.3 Å². The van der Waals surface area contributed by atoms with Gasteiger partial charge in [-0.05, 0) is 24.7 Å². The zero-order chi connectivity index (χ0) is 14.0. The number of anilines is 1. The Morgan fingerprint density at radius 3 is 2.95 bits per heavy atom. The van der Waals surface area contributed by atoms with E-state index in [4.69, 9.17) is 16.3 Å². The minimum Gasteiger partial charge on any atom is -0.465 e. The zero-order valence-corrected chi connectivity index (χ0v) is 12.3. The highest BCUT2D eigenvalue weighted by molar-refractivity contribution is 6.27. The molecule has 1 aromatic heterocycles. The Labute approximate surface area is 118 Å². The Balaban J connectivity index is 2.28. The third-order valence-corrected chi connectivity index (χ3v) is 3.71. The molecule has 1 aliphatic rings. The summed E-state index contributed by atoms with van der Waals surface area (Å²) >= 11 is 6.15. The number of aromatic nitrogens is 2. The van der Waals surface area contributed by atoms with Crippen LogP contribution in [-0.2, 0) is 29.4 Å². The molecule has 5 nitrogen and oxygen atoms in total. The number of ether oxygens (including phenoxy) is 1. The van der Waals surface area contributed by atoms with Gasteiger partial charge in [-0.1, -0.05) is 0 Å². The highest BCUT2D eigenvalue weighted by atomic mass is 35.5. The Morgan fingerprint density at radius 1 is 1.53 bits per heavy atom. The summed E-state index contributed by atoms with van der Waals surface area (Å²) in [5.41, 5.74) is 2.41. The lowest BCUT2D eigenvalue weighted by molar-refractivity contribution is -0.679. The predicted molar refractivity (Wildman–Crippen MR) is 72.4 cm³/mol. The summed E-state index contributed by atoms with van der Waals surface area (Å²) in [5.74, 6) is 0.548. The summed E-state index contributed by atoms with van der Waals surface area (Å²) in [4.78, 5) is 17.8. The van der Waals surface area contributed by atoms with Crippen molar-refractivity contribution in [1.29, 1.82) is 0 Å². The maximum Gasteiger partial charge on any atom is 0.398 e. The van der Waals surface area contributed by atoms with Crippen LogP contribution in [0.25, 0.3) is 0 Å². The maximum atomic E-state index is 11.5. The van der Waals surface area contributed by atoms with Crippen LogP contribution in [0.15, 0.2) is 0 Å². The number of hydrogen-bond donors (Lipinski definition) is 0. The quantitative estimate of drug-likeness (QED) is 0.471. The molecular formula is C13H19ClN3O2+. The molecule has 0 saturated carbocycles. The minimum absolute atomic E-state index is 0.192. The van der Waals surface area contributed by atoms with Crippen molar-refractivity contribution in [2.75, 3.05) is 25.1 Å². The summed E-state index contributed by atoms with van der Waals surface area (Å²) in [6.07, 6.45) is 3.09. The smallest absolute Gasteiger partial charge is 0.398 e. The van der Waals surface area contributed by atoms with Gasteiger partial charge in [-0.2, -0.15) is 0 Å². The molecular weight excluding hydrogens is 266 g/mol. The number of likely N-dealkylation sites (N-methyl/N-ethyl adjacent to an activating group) is 1. The molecule has 104 valence electrons. The lowest BCUT2D eigenvalue weighted by atomic mass is 10.2. The van der Waals surface area contributed by atoms with Gasteiger partial charge in [0.1, 0.15) is 12.2 Å². The first-order chi connectivity index (χ1) is 9.04. The molecule has 0 bridgehead atoms. The SMILES string of the molecule is CCOC(=O)CN(C)c1nc(Cl)[n+](C)c2c1CCC2. The highest BCUT2D eigenvalue weighted by Gasteiger charge is 2.30. The fourth-order valence-electron chi connectivity index (χ4n) is 2.47. The molecule has 1 aliphatic carbocycles. The van der Waals surface area contributed by atoms with Gasteiger partial charge in [0.25, 0.3) is 5.82 Å². The van der Waals surface area contributed by atoms with Gasteiger partial charge in [0.15, 0.2) is 0 Å². The van der Waals surface area contributed by atoms with Crippen LogP contribution in [0, 0.1) is 0 Å². The maximum absolute atomic E-state index is 11.5. The lowest BCUT2D eigenvalue weighted by Gasteiger charge is -2.16. The number of carbonyl (C=O) groups excluding carboxylic acids is 1. The van der Waals surface area contributed by atoms with Gasteiger partial charge in [-0.15, -0.1) is 0 Å². The number of esters is 1. The van der Waals surface area contributed by atoms with E-state index in [0.717, 1.165) is 25.1 Å². The molecule has 0 spiro atoms. The Morgan fingerprint density at radius 2 is 2.26 bits per heavy atom. The van der Waals surface area contributed by atoms with Crippen LogP contribution in [-0.4, -0.2) is 31.2 Å². The molecule has 0 unspecified atom stereocenters. The van der Waals surface area contributed by atoms with E-state index in [1.54, 1.807) is 6.92 Å². The van der Waals surface area contributed by atoms with Crippen molar-refractivity contribution in [1.82, 2.24) is 4.98 Å². The van der Waals surface area contributed by atoms with Gasteiger partial charge in [0.05, 0.1) is 19.2 Å². The second kappa shape index (κ2) is 5.74. The van der Waals surface area contributed by atoms with Crippen LogP contribution in [0.1, 0.15) is 24.6 Å². The molecule has 0 saturated heterocycles. The number of hydrogen-bond acceptors (Lipinski definition) is 4. The Bertz CT molecular complexity index is 505. The fraction of sp³-hybridized carbons (Fsp3) is 0.615. The van der Waals surface area contributed by atoms with E-state index in [0.29, 0.717) is 11.9 Å². The number of halogens is 1. The van der Waals surface area contributed by atoms with Crippen LogP contribution in [0.3, 0.4) is 0 Å². The van der Waals surface area contributed by atoms with Gasteiger partial charge in [-0.3, -0.25) is 4.79 Å². The number of fused-ring (bicyclic) bond motifs is 1. The largest absolute Gasteiger partial charge is 0.465 e. The lowest BCUT2D eigenvalue weighted by Crippen LogP contribution is -2.38. The first kappa shape index (κ1) is 14.1. The van der Waals surface area contributed by atoms with E-state index in [2.05, 4.69) is 4.98 Å². The van der Waals surface area contributed by atoms with Crippen molar-refractivity contribution in [3.8, 4) is 0 Å². The van der Waals surface area contributed by atoms with Crippen LogP contribution in [0.2, 0.25) is 5.28 Å². The first-order valence-corrected chi connectivity index (χ1v) is 6.86. The molecule has 1 heterocycles. The number of carbonyl (C=O) groups is 1. The molecule has 2 rings (SSSR count). The molecule has 0 aliphatic heterocycles. The zero-order valence-electron chi connectivity index (χ0n) is 11.6. The summed E-state index contributed by atoms with van der Waals surface area (Å²) in [7, 11) is 3.77. The van der Waals surface area contributed by atoms with Gasteiger partial charge < -0.3 is 9.64 Å². The molecule has 0 amide bonds. The highest BCUT2D eigenvalue weighted by Crippen LogP contribution is 2.28. The number of rotatable bonds is 4. The average Bonchev–Trinajstić information content (AvgIpc) is 2.83. The molecule has 0 atom stereocenters. The van der Waals surface area contributed by atoms with E-state index < -0.39 is 0 Å². The average molecular weight is 285 g/mol. The second-order valence-electron chi connectivity index (χ2n) is 4.70. The van der Waals surface area contributed by atoms with Crippen molar-refractivity contribution in [2.45, 2.75) is 26.2 Å². The topological polar surface area (TPSA) is 46.3 Å². The predicted octanol–water partition coefficient (Wildman–Crippen LogP) is 1.05. The third kappa shape index (κ3) is 2.81. The molecule has 19 heavy (non-hydrogen) atoms. The van der Waals surface area contributed by atoms with Crippen molar-refractivity contribution >= 4 is 23.4 Å². The van der Waals surface area contributed by atoms with Crippen LogP contribution < -0.4 is 9.47 Å². The molecule has 0 aromatic carbocycles. The van der Waals surface area contributed by atoms with Crippen LogP contribution in [0.5, 0.6) is 0 Å². The molecule has 0 radical (unpaired) electrons. The van der Waals surface area contributed by atoms with E-state index in [-0.39, 0.29) is 12.5 Å². The van der Waals surface area contributed by atoms with E-state index >= 15 is 0 Å². The van der Waals surface area contributed by atoms with Crippen LogP contribution >= 0.6 is 11.6 Å². The van der Waals surface area contributed by atoms with E-state index in [1.807, 2.05) is 23.6 Å². The summed E-state index contributed by atoms with van der Waals surface area (Å²) in [5, 5.41) is 0.450.